The number of fused-ring (bicyclic) bond motifs is 1. The van der Waals surface area contributed by atoms with Crippen molar-refractivity contribution in [3.63, 3.8) is 0 Å². The Hall–Kier alpha value is -3.60. The lowest BCUT2D eigenvalue weighted by Crippen LogP contribution is -2.09. The number of H-pyrrole nitrogens is 1. The summed E-state index contributed by atoms with van der Waals surface area (Å²) in [6.45, 7) is 2.35. The van der Waals surface area contributed by atoms with Crippen LogP contribution in [0.5, 0.6) is 11.5 Å². The summed E-state index contributed by atoms with van der Waals surface area (Å²) in [5, 5.41) is 0.572. The topological polar surface area (TPSA) is 64.2 Å². The first kappa shape index (κ1) is 17.8. The van der Waals surface area contributed by atoms with Gasteiger partial charge in [0.1, 0.15) is 23.9 Å². The number of methoxy groups -OCH3 is 1. The summed E-state index contributed by atoms with van der Waals surface area (Å²) in [6.07, 6.45) is 0. The maximum absolute atomic E-state index is 12.4. The normalized spacial score (nSPS) is 10.8. The number of ether oxygens (including phenoxy) is 2. The largest absolute Gasteiger partial charge is 0.496 e. The highest BCUT2D eigenvalue weighted by Crippen LogP contribution is 2.27. The lowest BCUT2D eigenvalue weighted by atomic mass is 10.1. The third kappa shape index (κ3) is 3.47. The van der Waals surface area contributed by atoms with E-state index in [-0.39, 0.29) is 5.56 Å². The van der Waals surface area contributed by atoms with Crippen molar-refractivity contribution in [2.75, 3.05) is 7.11 Å². The number of aromatic amines is 1. The van der Waals surface area contributed by atoms with Crippen LogP contribution in [0.2, 0.25) is 0 Å². The van der Waals surface area contributed by atoms with Gasteiger partial charge in [-0.1, -0.05) is 30.3 Å². The van der Waals surface area contributed by atoms with E-state index in [1.165, 1.54) is 0 Å². The van der Waals surface area contributed by atoms with E-state index >= 15 is 0 Å². The van der Waals surface area contributed by atoms with Gasteiger partial charge in [0.15, 0.2) is 0 Å². The van der Waals surface area contributed by atoms with E-state index in [0.717, 1.165) is 28.2 Å². The first-order valence-electron chi connectivity index (χ1n) is 9.00. The van der Waals surface area contributed by atoms with Gasteiger partial charge in [0, 0.05) is 11.1 Å². The van der Waals surface area contributed by atoms with Gasteiger partial charge >= 0.3 is 0 Å². The summed E-state index contributed by atoms with van der Waals surface area (Å²) in [7, 11) is 1.63. The second kappa shape index (κ2) is 7.56. The molecule has 5 heteroatoms. The summed E-state index contributed by atoms with van der Waals surface area (Å²) >= 11 is 0. The molecule has 0 saturated carbocycles. The first-order chi connectivity index (χ1) is 13.7. The summed E-state index contributed by atoms with van der Waals surface area (Å²) in [6, 6.07) is 20.8. The maximum Gasteiger partial charge on any atom is 0.259 e. The zero-order chi connectivity index (χ0) is 19.5. The number of aryl methyl sites for hydroxylation is 1. The number of hydrogen-bond acceptors (Lipinski definition) is 4. The smallest absolute Gasteiger partial charge is 0.259 e. The number of hydrogen-bond donors (Lipinski definition) is 1. The molecule has 0 aliphatic rings. The molecule has 5 nitrogen and oxygen atoms in total. The molecular weight excluding hydrogens is 352 g/mol. The molecular formula is C23H20N2O3. The Kier molecular flexibility index (Phi) is 4.81. The highest BCUT2D eigenvalue weighted by atomic mass is 16.5. The van der Waals surface area contributed by atoms with Crippen molar-refractivity contribution >= 4 is 10.9 Å². The summed E-state index contributed by atoms with van der Waals surface area (Å²) in [5.41, 5.74) is 3.24. The van der Waals surface area contributed by atoms with Crippen LogP contribution in [0.25, 0.3) is 22.3 Å². The van der Waals surface area contributed by atoms with Crippen LogP contribution in [0.3, 0.4) is 0 Å². The van der Waals surface area contributed by atoms with E-state index in [4.69, 9.17) is 9.47 Å². The number of nitrogens with one attached hydrogen (secondary N) is 1. The molecule has 0 atom stereocenters. The molecule has 1 aromatic heterocycles. The molecule has 1 N–H and O–H groups in total. The lowest BCUT2D eigenvalue weighted by Gasteiger charge is -2.13. The maximum atomic E-state index is 12.4. The van der Waals surface area contributed by atoms with E-state index in [2.05, 4.69) is 9.97 Å². The van der Waals surface area contributed by atoms with Crippen LogP contribution in [0.4, 0.5) is 0 Å². The minimum atomic E-state index is -0.158. The van der Waals surface area contributed by atoms with Crippen LogP contribution in [-0.2, 0) is 6.61 Å². The molecule has 140 valence electrons. The summed E-state index contributed by atoms with van der Waals surface area (Å²) in [5.74, 6) is 2.07. The van der Waals surface area contributed by atoms with Crippen molar-refractivity contribution in [2.45, 2.75) is 13.5 Å². The standard InChI is InChI=1S/C23H20N2O3/c1-15-7-3-6-10-20(15)28-14-17-13-16(11-12-21(17)27-2)22-24-19-9-5-4-8-18(19)23(26)25-22/h3-13H,14H2,1-2H3,(H,24,25,26). The van der Waals surface area contributed by atoms with E-state index in [1.54, 1.807) is 13.2 Å². The fourth-order valence-electron chi connectivity index (χ4n) is 3.14. The van der Waals surface area contributed by atoms with Gasteiger partial charge in [-0.2, -0.15) is 0 Å². The first-order valence-corrected chi connectivity index (χ1v) is 9.00. The molecule has 0 fully saturated rings. The predicted molar refractivity (Wildman–Crippen MR) is 110 cm³/mol. The average molecular weight is 372 g/mol. The van der Waals surface area contributed by atoms with Crippen LogP contribution in [-0.4, -0.2) is 17.1 Å². The van der Waals surface area contributed by atoms with Gasteiger partial charge in [-0.3, -0.25) is 4.79 Å². The minimum Gasteiger partial charge on any atom is -0.496 e. The molecule has 0 unspecified atom stereocenters. The van der Waals surface area contributed by atoms with Gasteiger partial charge in [0.25, 0.3) is 5.56 Å². The molecule has 0 aliphatic carbocycles. The Morgan fingerprint density at radius 2 is 1.75 bits per heavy atom. The van der Waals surface area contributed by atoms with Gasteiger partial charge in [-0.05, 0) is 48.9 Å². The van der Waals surface area contributed by atoms with Crippen LogP contribution in [0.1, 0.15) is 11.1 Å². The SMILES string of the molecule is COc1ccc(-c2nc3ccccc3c(=O)[nH]2)cc1COc1ccccc1C. The van der Waals surface area contributed by atoms with Gasteiger partial charge in [0.2, 0.25) is 0 Å². The average Bonchev–Trinajstić information content (AvgIpc) is 2.73. The highest BCUT2D eigenvalue weighted by Gasteiger charge is 2.11. The van der Waals surface area contributed by atoms with Crippen molar-refractivity contribution in [2.24, 2.45) is 0 Å². The fraction of sp³-hybridized carbons (Fsp3) is 0.130. The molecule has 0 radical (unpaired) electrons. The summed E-state index contributed by atoms with van der Waals surface area (Å²) < 4.78 is 11.5. The van der Waals surface area contributed by atoms with E-state index in [1.807, 2.05) is 67.6 Å². The number of nitrogens with zero attached hydrogens (tertiary/aromatic N) is 1. The Bertz CT molecular complexity index is 1200. The van der Waals surface area contributed by atoms with Crippen molar-refractivity contribution in [1.29, 1.82) is 0 Å². The van der Waals surface area contributed by atoms with Gasteiger partial charge in [-0.15, -0.1) is 0 Å². The Balaban J connectivity index is 1.70. The zero-order valence-corrected chi connectivity index (χ0v) is 15.7. The van der Waals surface area contributed by atoms with Gasteiger partial charge < -0.3 is 14.5 Å². The van der Waals surface area contributed by atoms with E-state index in [0.29, 0.717) is 23.3 Å². The monoisotopic (exact) mass is 372 g/mol. The molecule has 0 saturated heterocycles. The number of rotatable bonds is 5. The number of benzene rings is 3. The van der Waals surface area contributed by atoms with Crippen molar-refractivity contribution < 1.29 is 9.47 Å². The molecule has 0 amide bonds. The number of aromatic nitrogens is 2. The van der Waals surface area contributed by atoms with E-state index in [9.17, 15) is 4.79 Å². The number of para-hydroxylation sites is 2. The molecule has 4 rings (SSSR count). The third-order valence-electron chi connectivity index (χ3n) is 4.64. The molecule has 3 aromatic carbocycles. The third-order valence-corrected chi connectivity index (χ3v) is 4.64. The van der Waals surface area contributed by atoms with Crippen LogP contribution >= 0.6 is 0 Å². The molecule has 0 spiro atoms. The highest BCUT2D eigenvalue weighted by molar-refractivity contribution is 5.79. The van der Waals surface area contributed by atoms with Gasteiger partial charge in [0.05, 0.1) is 18.0 Å². The fourth-order valence-corrected chi connectivity index (χ4v) is 3.14. The molecule has 28 heavy (non-hydrogen) atoms. The lowest BCUT2D eigenvalue weighted by molar-refractivity contribution is 0.295. The second-order valence-corrected chi connectivity index (χ2v) is 6.51. The van der Waals surface area contributed by atoms with Gasteiger partial charge in [-0.25, -0.2) is 4.98 Å². The molecule has 0 bridgehead atoms. The van der Waals surface area contributed by atoms with Crippen molar-refractivity contribution in [3.05, 3.63) is 88.2 Å². The molecule has 0 aliphatic heterocycles. The Morgan fingerprint density at radius 3 is 2.57 bits per heavy atom. The zero-order valence-electron chi connectivity index (χ0n) is 15.7. The summed E-state index contributed by atoms with van der Waals surface area (Å²) in [4.78, 5) is 19.8. The predicted octanol–water partition coefficient (Wildman–Crippen LogP) is 4.49. The van der Waals surface area contributed by atoms with Crippen LogP contribution in [0.15, 0.2) is 71.5 Å². The molecule has 4 aromatic rings. The van der Waals surface area contributed by atoms with Crippen molar-refractivity contribution in [1.82, 2.24) is 9.97 Å². The van der Waals surface area contributed by atoms with Crippen molar-refractivity contribution in [3.8, 4) is 22.9 Å². The minimum absolute atomic E-state index is 0.158. The Morgan fingerprint density at radius 1 is 0.964 bits per heavy atom. The van der Waals surface area contributed by atoms with Crippen LogP contribution in [0, 0.1) is 6.92 Å². The second-order valence-electron chi connectivity index (χ2n) is 6.51. The van der Waals surface area contributed by atoms with Crippen LogP contribution < -0.4 is 15.0 Å². The quantitative estimate of drug-likeness (QED) is 0.561. The molecule has 1 heterocycles. The van der Waals surface area contributed by atoms with E-state index < -0.39 is 0 Å². The Labute approximate surface area is 162 Å².